The van der Waals surface area contributed by atoms with E-state index in [0.717, 1.165) is 209 Å². The van der Waals surface area contributed by atoms with Crippen molar-refractivity contribution in [2.75, 3.05) is 91.6 Å². The van der Waals surface area contributed by atoms with Gasteiger partial charge in [-0.3, -0.25) is 44.3 Å². The largest absolute Gasteiger partial charge is 0.354 e. The highest BCUT2D eigenvalue weighted by molar-refractivity contribution is 6.06. The van der Waals surface area contributed by atoms with E-state index in [1.807, 2.05) is 106 Å². The zero-order chi connectivity index (χ0) is 74.7. The number of piperidine rings is 2. The number of piperazine rings is 2. The van der Waals surface area contributed by atoms with Crippen molar-refractivity contribution in [3.63, 3.8) is 0 Å². The summed E-state index contributed by atoms with van der Waals surface area (Å²) in [5, 5.41) is 18.1. The van der Waals surface area contributed by atoms with Crippen molar-refractivity contribution in [3.05, 3.63) is 214 Å². The van der Waals surface area contributed by atoms with Gasteiger partial charge in [0.25, 0.3) is 11.8 Å². The number of fused-ring (bicyclic) bond motifs is 4. The molecule has 10 aromatic rings. The minimum absolute atomic E-state index is 0.0728. The predicted molar refractivity (Wildman–Crippen MR) is 410 cm³/mol. The molecule has 26 heteroatoms. The van der Waals surface area contributed by atoms with Crippen LogP contribution in [-0.2, 0) is 45.1 Å². The van der Waals surface area contributed by atoms with Gasteiger partial charge >= 0.3 is 0 Å². The molecule has 0 bridgehead atoms. The summed E-state index contributed by atoms with van der Waals surface area (Å²) in [7, 11) is 0. The molecule has 8 aliphatic heterocycles. The lowest BCUT2D eigenvalue weighted by Gasteiger charge is -2.35. The van der Waals surface area contributed by atoms with Crippen LogP contribution in [0.2, 0.25) is 0 Å². The maximum atomic E-state index is 14.1. The molecule has 4 aromatic carbocycles. The molecule has 560 valence electrons. The second kappa shape index (κ2) is 31.8. The van der Waals surface area contributed by atoms with Gasteiger partial charge in [-0.2, -0.15) is 0 Å². The maximum Gasteiger partial charge on any atom is 0.255 e. The molecule has 24 nitrogen and oxygen atoms in total. The van der Waals surface area contributed by atoms with Gasteiger partial charge in [-0.1, -0.05) is 74.0 Å². The summed E-state index contributed by atoms with van der Waals surface area (Å²) in [6.45, 7) is 13.2. The number of imide groups is 2. The SMILES string of the molecule is CCCCc1ccc2c(c1)CN(C1CCC(=O)NC1=O)C2=O.Fc1cccc([C@H]2CCCN2c2ccc3ncc(-c4cccc(N5CCNCC5)n4)n3n2)c1.O=C1CCC(N2Cc3cc(CCCN4CCN(c5cccc(-c6cnc7ccc(N8CCC[C@@H]8c8cccc(F)c8)nn67)n5)CC4)ccc3C2=O)C(=O)N1. The first-order chi connectivity index (χ1) is 53.2. The highest BCUT2D eigenvalue weighted by Gasteiger charge is 2.41. The molecule has 109 heavy (non-hydrogen) atoms. The highest BCUT2D eigenvalue weighted by Crippen LogP contribution is 2.39. The quantitative estimate of drug-likeness (QED) is 0.0717. The topological polar surface area (TPSA) is 247 Å². The number of rotatable bonds is 17. The van der Waals surface area contributed by atoms with Crippen LogP contribution in [0.1, 0.15) is 144 Å². The first-order valence-corrected chi connectivity index (χ1v) is 38.4. The van der Waals surface area contributed by atoms with E-state index >= 15 is 0 Å². The van der Waals surface area contributed by atoms with Gasteiger partial charge in [0.1, 0.15) is 58.4 Å². The standard InChI is InChI=1S/C41H42FN9O3.C25H26FN7.C17H20N2O3/c42-30-7-1-6-28(24-30)33-9-4-18-49(33)38-15-14-36-43-25-35(51(36)46-38)32-8-2-10-37(44-32)48-21-19-47(20-22-48)17-3-5-27-11-12-31-29(23-27)26-50(41(31)54)34-13-16-39(52)45-40(34)53;26-19-5-1-4-18(16-19)21-7-3-13-32(21)25-10-9-23-28-17-22(33(23)30-25)20-6-2-8-24(29-20)31-14-11-27-12-15-31;1-2-3-4-11-5-6-13-12(9-11)10-19(17(13)22)14-7-8-15(20)18-16(14)21/h1-2,6-8,10-12,14-15,23-25,33-34H,3-5,9,13,16-22,26H2,(H,45,52,53);1-2,4-6,8-10,16-17,21,27H,3,7,11-15H2;5-6,9,14H,2-4,7-8,10H2,1H3,(H,18,20,21)/t33-,34?;21-;/m11./s1. The zero-order valence-electron chi connectivity index (χ0n) is 61.1. The number of amides is 6. The van der Waals surface area contributed by atoms with Gasteiger partial charge in [-0.05, 0) is 189 Å². The molecule has 14 heterocycles. The first kappa shape index (κ1) is 71.9. The van der Waals surface area contributed by atoms with Crippen LogP contribution in [0.3, 0.4) is 0 Å². The average Bonchev–Trinajstić information content (AvgIpc) is 1.70. The third kappa shape index (κ3) is 15.5. The number of hydrogen-bond acceptors (Lipinski definition) is 18. The summed E-state index contributed by atoms with van der Waals surface area (Å²) in [5.74, 6) is 1.68. The molecule has 6 saturated heterocycles. The molecule has 4 atom stereocenters. The number of imidazole rings is 2. The summed E-state index contributed by atoms with van der Waals surface area (Å²) in [4.78, 5) is 107. The van der Waals surface area contributed by atoms with Crippen LogP contribution in [0.15, 0.2) is 158 Å². The Balaban J connectivity index is 0.000000139. The third-order valence-corrected chi connectivity index (χ3v) is 22.3. The maximum absolute atomic E-state index is 14.1. The van der Waals surface area contributed by atoms with Crippen LogP contribution in [0, 0.1) is 11.6 Å². The number of nitrogens with zero attached hydrogens (tertiary/aromatic N) is 15. The van der Waals surface area contributed by atoms with E-state index in [4.69, 9.17) is 20.2 Å². The van der Waals surface area contributed by atoms with Gasteiger partial charge in [-0.25, -0.2) is 37.7 Å². The van der Waals surface area contributed by atoms with E-state index in [2.05, 4.69) is 81.6 Å². The number of anilines is 4. The summed E-state index contributed by atoms with van der Waals surface area (Å²) in [5.41, 5.74) is 12.5. The number of aromatic nitrogens is 8. The van der Waals surface area contributed by atoms with E-state index in [1.165, 1.54) is 23.3 Å². The van der Waals surface area contributed by atoms with Gasteiger partial charge in [0.05, 0.1) is 35.9 Å². The van der Waals surface area contributed by atoms with Crippen LogP contribution in [-0.4, -0.2) is 173 Å². The Hall–Kier alpha value is -11.4. The van der Waals surface area contributed by atoms with Crippen LogP contribution in [0.25, 0.3) is 34.1 Å². The Labute approximate surface area is 630 Å². The fraction of sp³-hybridized carbons (Fsp3) is 0.373. The Bertz CT molecular complexity index is 5090. The number of aryl methyl sites for hydroxylation is 2. The van der Waals surface area contributed by atoms with Crippen molar-refractivity contribution in [2.24, 2.45) is 0 Å². The monoisotopic (exact) mass is 1470 g/mol. The molecular formula is C83H88F2N18O6. The van der Waals surface area contributed by atoms with Gasteiger partial charge in [0, 0.05) is 103 Å². The van der Waals surface area contributed by atoms with Crippen LogP contribution in [0.5, 0.6) is 0 Å². The summed E-state index contributed by atoms with van der Waals surface area (Å²) < 4.78 is 31.7. The van der Waals surface area contributed by atoms with E-state index in [9.17, 15) is 37.5 Å². The summed E-state index contributed by atoms with van der Waals surface area (Å²) >= 11 is 0. The molecule has 0 aliphatic carbocycles. The fourth-order valence-electron chi connectivity index (χ4n) is 16.6. The lowest BCUT2D eigenvalue weighted by Crippen LogP contribution is -2.52. The predicted octanol–water partition coefficient (Wildman–Crippen LogP) is 10.3. The molecule has 0 saturated carbocycles. The Kier molecular flexibility index (Phi) is 21.0. The van der Waals surface area contributed by atoms with E-state index < -0.39 is 12.1 Å². The van der Waals surface area contributed by atoms with Crippen molar-refractivity contribution in [2.45, 2.75) is 128 Å². The Morgan fingerprint density at radius 2 is 0.936 bits per heavy atom. The van der Waals surface area contributed by atoms with Crippen molar-refractivity contribution in [3.8, 4) is 22.8 Å². The Morgan fingerprint density at radius 3 is 1.41 bits per heavy atom. The number of carbonyl (C=O) groups excluding carboxylic acids is 6. The lowest BCUT2D eigenvalue weighted by atomic mass is 10.0. The molecular weight excluding hydrogens is 1380 g/mol. The number of pyridine rings is 2. The molecule has 18 rings (SSSR count). The molecule has 8 aliphatic rings. The van der Waals surface area contributed by atoms with Crippen LogP contribution in [0.4, 0.5) is 32.1 Å². The number of benzene rings is 4. The van der Waals surface area contributed by atoms with Gasteiger partial charge in [0.2, 0.25) is 23.6 Å². The van der Waals surface area contributed by atoms with E-state index in [-0.39, 0.29) is 72.0 Å². The molecule has 0 spiro atoms. The number of carbonyl (C=O) groups is 6. The number of hydrogen-bond donors (Lipinski definition) is 3. The third-order valence-electron chi connectivity index (χ3n) is 22.3. The minimum Gasteiger partial charge on any atom is -0.354 e. The van der Waals surface area contributed by atoms with Crippen molar-refractivity contribution in [1.29, 1.82) is 0 Å². The van der Waals surface area contributed by atoms with Crippen molar-refractivity contribution < 1.29 is 37.5 Å². The van der Waals surface area contributed by atoms with Gasteiger partial charge in [-0.15, -0.1) is 10.2 Å². The zero-order valence-corrected chi connectivity index (χ0v) is 61.1. The molecule has 6 aromatic heterocycles. The van der Waals surface area contributed by atoms with Crippen LogP contribution < -0.4 is 35.6 Å². The average molecular weight is 1470 g/mol. The van der Waals surface area contributed by atoms with Crippen LogP contribution >= 0.6 is 0 Å². The number of nitrogens with one attached hydrogen (secondary N) is 3. The summed E-state index contributed by atoms with van der Waals surface area (Å²) in [6.07, 6.45) is 14.2. The second-order valence-electron chi connectivity index (χ2n) is 29.3. The normalized spacial score (nSPS) is 20.2. The van der Waals surface area contributed by atoms with Crippen molar-refractivity contribution in [1.82, 2.24) is 69.8 Å². The number of halogens is 2. The lowest BCUT2D eigenvalue weighted by molar-refractivity contribution is -0.138. The molecule has 2 unspecified atom stereocenters. The van der Waals surface area contributed by atoms with Crippen molar-refractivity contribution >= 4 is 70.0 Å². The van der Waals surface area contributed by atoms with Gasteiger partial charge in [0.15, 0.2) is 11.3 Å². The molecule has 6 amide bonds. The highest BCUT2D eigenvalue weighted by atomic mass is 19.1. The fourth-order valence-corrected chi connectivity index (χ4v) is 16.6. The van der Waals surface area contributed by atoms with Gasteiger partial charge < -0.3 is 34.7 Å². The molecule has 0 radical (unpaired) electrons. The summed E-state index contributed by atoms with van der Waals surface area (Å²) in [6, 6.07) is 45.0. The molecule has 3 N–H and O–H groups in total. The smallest absolute Gasteiger partial charge is 0.255 e. The van der Waals surface area contributed by atoms with E-state index in [1.54, 1.807) is 34.1 Å². The number of unbranched alkanes of at least 4 members (excludes halogenated alkanes) is 1. The second-order valence-corrected chi connectivity index (χ2v) is 29.3. The minimum atomic E-state index is -0.595. The first-order valence-electron chi connectivity index (χ1n) is 38.4. The Morgan fingerprint density at radius 1 is 0.459 bits per heavy atom. The van der Waals surface area contributed by atoms with E-state index in [0.29, 0.717) is 37.1 Å². The molecule has 6 fully saturated rings.